The van der Waals surface area contributed by atoms with Crippen LogP contribution in [0.25, 0.3) is 27.3 Å². The lowest BCUT2D eigenvalue weighted by Crippen LogP contribution is -2.25. The van der Waals surface area contributed by atoms with Crippen LogP contribution in [0.1, 0.15) is 5.82 Å². The Labute approximate surface area is 191 Å². The number of nitrogens with one attached hydrogen (secondary N) is 1. The highest BCUT2D eigenvalue weighted by Crippen LogP contribution is 2.26. The van der Waals surface area contributed by atoms with Crippen LogP contribution in [0.15, 0.2) is 83.0 Å². The van der Waals surface area contributed by atoms with Crippen molar-refractivity contribution in [2.45, 2.75) is 6.54 Å². The minimum atomic E-state index is -0.311. The standard InChI is InChI=1S/C24H16ClFN4OS/c25-16-7-5-15(6-8-16)21-14-32-24(29-21)30-22(13-27-18-11-9-17(26)10-12-18)28-20-4-2-1-3-19(20)23(30)31/h1-12,14,27H,13H2. The SMILES string of the molecule is O=c1c2ccccc2nc(CNc2ccc(F)cc2)n1-c1nc(-c2ccc(Cl)cc2)cs1. The van der Waals surface area contributed by atoms with Gasteiger partial charge in [0.1, 0.15) is 11.6 Å². The third-order valence-electron chi connectivity index (χ3n) is 4.96. The van der Waals surface area contributed by atoms with Gasteiger partial charge in [-0.05, 0) is 48.5 Å². The van der Waals surface area contributed by atoms with Crippen LogP contribution in [0.4, 0.5) is 10.1 Å². The lowest BCUT2D eigenvalue weighted by Gasteiger charge is -2.13. The molecule has 5 aromatic rings. The van der Waals surface area contributed by atoms with Gasteiger partial charge in [0, 0.05) is 21.7 Å². The molecule has 0 atom stereocenters. The van der Waals surface area contributed by atoms with E-state index < -0.39 is 0 Å². The minimum absolute atomic E-state index is 0.191. The van der Waals surface area contributed by atoms with Crippen molar-refractivity contribution in [1.29, 1.82) is 0 Å². The minimum Gasteiger partial charge on any atom is -0.378 e. The van der Waals surface area contributed by atoms with Crippen LogP contribution in [-0.2, 0) is 6.54 Å². The first kappa shape index (κ1) is 20.4. The van der Waals surface area contributed by atoms with Gasteiger partial charge in [-0.25, -0.2) is 18.9 Å². The van der Waals surface area contributed by atoms with Crippen molar-refractivity contribution >= 4 is 39.5 Å². The molecule has 0 bridgehead atoms. The molecule has 0 aliphatic rings. The molecule has 2 aromatic heterocycles. The molecule has 0 amide bonds. The zero-order valence-electron chi connectivity index (χ0n) is 16.6. The Morgan fingerprint density at radius 1 is 0.969 bits per heavy atom. The highest BCUT2D eigenvalue weighted by Gasteiger charge is 2.16. The van der Waals surface area contributed by atoms with Gasteiger partial charge in [-0.15, -0.1) is 11.3 Å². The van der Waals surface area contributed by atoms with Crippen molar-refractivity contribution in [3.63, 3.8) is 0 Å². The van der Waals surface area contributed by atoms with Gasteiger partial charge in [0.25, 0.3) is 5.56 Å². The maximum atomic E-state index is 13.4. The quantitative estimate of drug-likeness (QED) is 0.352. The van der Waals surface area contributed by atoms with Crippen LogP contribution in [0.5, 0.6) is 0 Å². The first-order valence-electron chi connectivity index (χ1n) is 9.80. The van der Waals surface area contributed by atoms with Crippen LogP contribution < -0.4 is 10.9 Å². The molecule has 0 aliphatic heterocycles. The number of rotatable bonds is 5. The Hall–Kier alpha value is -3.55. The van der Waals surface area contributed by atoms with Crippen molar-refractivity contribution in [3.05, 3.63) is 105 Å². The van der Waals surface area contributed by atoms with Crippen molar-refractivity contribution in [3.8, 4) is 16.4 Å². The van der Waals surface area contributed by atoms with Crippen LogP contribution in [0, 0.1) is 5.82 Å². The summed E-state index contributed by atoms with van der Waals surface area (Å²) in [5.74, 6) is 0.198. The van der Waals surface area contributed by atoms with E-state index in [0.717, 1.165) is 16.9 Å². The molecular formula is C24H16ClFN4OS. The number of benzene rings is 3. The molecule has 158 valence electrons. The van der Waals surface area contributed by atoms with E-state index >= 15 is 0 Å². The van der Waals surface area contributed by atoms with E-state index in [1.807, 2.05) is 35.7 Å². The van der Waals surface area contributed by atoms with Crippen molar-refractivity contribution in [2.24, 2.45) is 0 Å². The maximum Gasteiger partial charge on any atom is 0.267 e. The summed E-state index contributed by atoms with van der Waals surface area (Å²) in [6, 6.07) is 20.6. The predicted octanol–water partition coefficient (Wildman–Crippen LogP) is 5.91. The lowest BCUT2D eigenvalue weighted by atomic mass is 10.2. The van der Waals surface area contributed by atoms with Gasteiger partial charge in [-0.1, -0.05) is 35.9 Å². The van der Waals surface area contributed by atoms with Gasteiger partial charge in [0.2, 0.25) is 0 Å². The number of nitrogens with zero attached hydrogens (tertiary/aromatic N) is 3. The summed E-state index contributed by atoms with van der Waals surface area (Å²) in [4.78, 5) is 22.8. The third-order valence-corrected chi connectivity index (χ3v) is 6.04. The Bertz CT molecular complexity index is 1460. The molecule has 8 heteroatoms. The molecule has 32 heavy (non-hydrogen) atoms. The predicted molar refractivity (Wildman–Crippen MR) is 127 cm³/mol. The first-order chi connectivity index (χ1) is 15.6. The number of hydrogen-bond donors (Lipinski definition) is 1. The fourth-order valence-electron chi connectivity index (χ4n) is 3.36. The third kappa shape index (κ3) is 4.00. The molecular weight excluding hydrogens is 447 g/mol. The van der Waals surface area contributed by atoms with Crippen LogP contribution in [-0.4, -0.2) is 14.5 Å². The average molecular weight is 463 g/mol. The number of fused-ring (bicyclic) bond motifs is 1. The molecule has 0 aliphatic carbocycles. The van der Waals surface area contributed by atoms with E-state index in [4.69, 9.17) is 21.6 Å². The molecule has 5 rings (SSSR count). The summed E-state index contributed by atoms with van der Waals surface area (Å²) in [5.41, 5.74) is 2.80. The Morgan fingerprint density at radius 3 is 2.50 bits per heavy atom. The summed E-state index contributed by atoms with van der Waals surface area (Å²) in [6.07, 6.45) is 0. The van der Waals surface area contributed by atoms with E-state index in [2.05, 4.69) is 5.32 Å². The molecule has 0 saturated carbocycles. The van der Waals surface area contributed by atoms with E-state index in [1.54, 1.807) is 30.3 Å². The zero-order valence-corrected chi connectivity index (χ0v) is 18.2. The fourth-order valence-corrected chi connectivity index (χ4v) is 4.34. The Kier molecular flexibility index (Phi) is 5.43. The number of anilines is 1. The summed E-state index contributed by atoms with van der Waals surface area (Å²) >= 11 is 7.36. The summed E-state index contributed by atoms with van der Waals surface area (Å²) in [5, 5.41) is 6.79. The zero-order chi connectivity index (χ0) is 22.1. The maximum absolute atomic E-state index is 13.4. The second-order valence-corrected chi connectivity index (χ2v) is 8.34. The van der Waals surface area contributed by atoms with E-state index in [1.165, 1.54) is 28.0 Å². The normalized spacial score (nSPS) is 11.1. The van der Waals surface area contributed by atoms with E-state index in [0.29, 0.717) is 26.9 Å². The highest BCUT2D eigenvalue weighted by atomic mass is 35.5. The molecule has 5 nitrogen and oxygen atoms in total. The summed E-state index contributed by atoms with van der Waals surface area (Å²) < 4.78 is 14.8. The van der Waals surface area contributed by atoms with Gasteiger partial charge in [0.05, 0.1) is 23.1 Å². The molecule has 3 aromatic carbocycles. The van der Waals surface area contributed by atoms with E-state index in [9.17, 15) is 9.18 Å². The fraction of sp³-hybridized carbons (Fsp3) is 0.0417. The molecule has 0 unspecified atom stereocenters. The molecule has 0 spiro atoms. The Balaban J connectivity index is 1.58. The average Bonchev–Trinajstić information content (AvgIpc) is 3.29. The van der Waals surface area contributed by atoms with Gasteiger partial charge in [0.15, 0.2) is 5.13 Å². The van der Waals surface area contributed by atoms with Crippen molar-refractivity contribution < 1.29 is 4.39 Å². The highest BCUT2D eigenvalue weighted by molar-refractivity contribution is 7.12. The van der Waals surface area contributed by atoms with Crippen molar-refractivity contribution in [1.82, 2.24) is 14.5 Å². The molecule has 0 saturated heterocycles. The molecule has 1 N–H and O–H groups in total. The molecule has 2 heterocycles. The second-order valence-electron chi connectivity index (χ2n) is 7.07. The number of hydrogen-bond acceptors (Lipinski definition) is 5. The van der Waals surface area contributed by atoms with Crippen molar-refractivity contribution in [2.75, 3.05) is 5.32 Å². The van der Waals surface area contributed by atoms with Gasteiger partial charge in [-0.3, -0.25) is 4.79 Å². The largest absolute Gasteiger partial charge is 0.378 e. The summed E-state index contributed by atoms with van der Waals surface area (Å²) in [7, 11) is 0. The number of para-hydroxylation sites is 1. The van der Waals surface area contributed by atoms with Crippen LogP contribution >= 0.6 is 22.9 Å². The summed E-state index contributed by atoms with van der Waals surface area (Å²) in [6.45, 7) is 0.265. The molecule has 0 radical (unpaired) electrons. The number of thiazole rings is 1. The lowest BCUT2D eigenvalue weighted by molar-refractivity contribution is 0.628. The van der Waals surface area contributed by atoms with E-state index in [-0.39, 0.29) is 17.9 Å². The van der Waals surface area contributed by atoms with Gasteiger partial charge in [-0.2, -0.15) is 0 Å². The smallest absolute Gasteiger partial charge is 0.267 e. The topological polar surface area (TPSA) is 59.8 Å². The van der Waals surface area contributed by atoms with Crippen LogP contribution in [0.2, 0.25) is 5.02 Å². The number of halogens is 2. The second kappa shape index (κ2) is 8.53. The Morgan fingerprint density at radius 2 is 1.72 bits per heavy atom. The van der Waals surface area contributed by atoms with Gasteiger partial charge < -0.3 is 5.32 Å². The monoisotopic (exact) mass is 462 g/mol. The number of aromatic nitrogens is 3. The molecule has 0 fully saturated rings. The first-order valence-corrected chi connectivity index (χ1v) is 11.1. The van der Waals surface area contributed by atoms with Gasteiger partial charge >= 0.3 is 0 Å². The van der Waals surface area contributed by atoms with Crippen LogP contribution in [0.3, 0.4) is 0 Å².